The van der Waals surface area contributed by atoms with Crippen LogP contribution in [0.2, 0.25) is 5.02 Å². The summed E-state index contributed by atoms with van der Waals surface area (Å²) in [6.45, 7) is 1.24. The maximum absolute atomic E-state index is 12.6. The third-order valence-corrected chi connectivity index (χ3v) is 3.20. The lowest BCUT2D eigenvalue weighted by Gasteiger charge is -2.25. The van der Waals surface area contributed by atoms with Gasteiger partial charge in [0.15, 0.2) is 0 Å². The van der Waals surface area contributed by atoms with Gasteiger partial charge in [-0.1, -0.05) is 11.6 Å². The second-order valence-corrected chi connectivity index (χ2v) is 4.63. The van der Waals surface area contributed by atoms with Crippen LogP contribution in [0.15, 0.2) is 18.2 Å². The molecule has 0 radical (unpaired) electrons. The fourth-order valence-electron chi connectivity index (χ4n) is 1.87. The molecule has 0 atom stereocenters. The van der Waals surface area contributed by atoms with Crippen molar-refractivity contribution in [3.05, 3.63) is 28.8 Å². The number of anilines is 1. The van der Waals surface area contributed by atoms with Crippen molar-refractivity contribution >= 4 is 17.3 Å². The SMILES string of the molecule is FC(F)(F)c1ccc(Cl)c(NC2CCOCC2)c1. The Morgan fingerprint density at radius 2 is 1.89 bits per heavy atom. The minimum absolute atomic E-state index is 0.111. The van der Waals surface area contributed by atoms with Gasteiger partial charge in [-0.2, -0.15) is 13.2 Å². The van der Waals surface area contributed by atoms with E-state index in [0.29, 0.717) is 23.9 Å². The van der Waals surface area contributed by atoms with Crippen molar-refractivity contribution in [1.29, 1.82) is 0 Å². The highest BCUT2D eigenvalue weighted by atomic mass is 35.5. The molecule has 1 aliphatic rings. The maximum Gasteiger partial charge on any atom is 0.416 e. The van der Waals surface area contributed by atoms with E-state index in [1.807, 2.05) is 0 Å². The van der Waals surface area contributed by atoms with Gasteiger partial charge in [-0.15, -0.1) is 0 Å². The molecule has 6 heteroatoms. The van der Waals surface area contributed by atoms with Gasteiger partial charge in [0.1, 0.15) is 0 Å². The molecular formula is C12H13ClF3NO. The lowest BCUT2D eigenvalue weighted by Crippen LogP contribution is -2.28. The average molecular weight is 280 g/mol. The van der Waals surface area contributed by atoms with Gasteiger partial charge in [0.05, 0.1) is 16.3 Å². The molecular weight excluding hydrogens is 267 g/mol. The standard InChI is InChI=1S/C12H13ClF3NO/c13-10-2-1-8(12(14,15)16)7-11(10)17-9-3-5-18-6-4-9/h1-2,7,9,17H,3-6H2. The van der Waals surface area contributed by atoms with E-state index in [-0.39, 0.29) is 6.04 Å². The van der Waals surface area contributed by atoms with Crippen LogP contribution in [0, 0.1) is 0 Å². The van der Waals surface area contributed by atoms with E-state index in [0.717, 1.165) is 25.0 Å². The number of ether oxygens (including phenoxy) is 1. The van der Waals surface area contributed by atoms with E-state index >= 15 is 0 Å². The minimum Gasteiger partial charge on any atom is -0.381 e. The molecule has 1 N–H and O–H groups in total. The van der Waals surface area contributed by atoms with Crippen LogP contribution in [-0.2, 0) is 10.9 Å². The molecule has 18 heavy (non-hydrogen) atoms. The predicted molar refractivity (Wildman–Crippen MR) is 63.9 cm³/mol. The Labute approximate surface area is 108 Å². The van der Waals surface area contributed by atoms with Gasteiger partial charge in [0.25, 0.3) is 0 Å². The quantitative estimate of drug-likeness (QED) is 0.885. The molecule has 1 saturated heterocycles. The van der Waals surface area contributed by atoms with Gasteiger partial charge in [-0.05, 0) is 31.0 Å². The molecule has 1 aromatic rings. The third-order valence-electron chi connectivity index (χ3n) is 2.87. The molecule has 0 aliphatic carbocycles. The summed E-state index contributed by atoms with van der Waals surface area (Å²) in [5.74, 6) is 0. The van der Waals surface area contributed by atoms with E-state index in [9.17, 15) is 13.2 Å². The number of nitrogens with one attached hydrogen (secondary N) is 1. The Hall–Kier alpha value is -0.940. The average Bonchev–Trinajstić information content (AvgIpc) is 2.32. The molecule has 1 fully saturated rings. The first-order valence-corrected chi connectivity index (χ1v) is 6.05. The first kappa shape index (κ1) is 13.5. The van der Waals surface area contributed by atoms with E-state index in [1.54, 1.807) is 0 Å². The van der Waals surface area contributed by atoms with E-state index < -0.39 is 11.7 Å². The van der Waals surface area contributed by atoms with Crippen molar-refractivity contribution in [3.63, 3.8) is 0 Å². The van der Waals surface area contributed by atoms with Crippen molar-refractivity contribution in [2.24, 2.45) is 0 Å². The molecule has 1 aromatic carbocycles. The van der Waals surface area contributed by atoms with Crippen molar-refractivity contribution in [3.8, 4) is 0 Å². The van der Waals surface area contributed by atoms with Gasteiger partial charge in [-0.3, -0.25) is 0 Å². The largest absolute Gasteiger partial charge is 0.416 e. The summed E-state index contributed by atoms with van der Waals surface area (Å²) in [4.78, 5) is 0. The molecule has 2 nitrogen and oxygen atoms in total. The van der Waals surface area contributed by atoms with Crippen LogP contribution in [-0.4, -0.2) is 19.3 Å². The zero-order valence-corrected chi connectivity index (χ0v) is 10.3. The highest BCUT2D eigenvalue weighted by Crippen LogP contribution is 2.34. The summed E-state index contributed by atoms with van der Waals surface area (Å²) in [6.07, 6.45) is -2.81. The smallest absolute Gasteiger partial charge is 0.381 e. The lowest BCUT2D eigenvalue weighted by atomic mass is 10.1. The van der Waals surface area contributed by atoms with Crippen molar-refractivity contribution in [2.45, 2.75) is 25.1 Å². The van der Waals surface area contributed by atoms with E-state index in [2.05, 4.69) is 5.32 Å². The van der Waals surface area contributed by atoms with Gasteiger partial charge in [-0.25, -0.2) is 0 Å². The summed E-state index contributed by atoms with van der Waals surface area (Å²) >= 11 is 5.90. The minimum atomic E-state index is -4.35. The summed E-state index contributed by atoms with van der Waals surface area (Å²) in [5, 5.41) is 3.35. The number of hydrogen-bond donors (Lipinski definition) is 1. The Morgan fingerprint density at radius 1 is 1.22 bits per heavy atom. The highest BCUT2D eigenvalue weighted by Gasteiger charge is 2.31. The number of hydrogen-bond acceptors (Lipinski definition) is 2. The second-order valence-electron chi connectivity index (χ2n) is 4.22. The number of rotatable bonds is 2. The Morgan fingerprint density at radius 3 is 2.50 bits per heavy atom. The van der Waals surface area contributed by atoms with Crippen LogP contribution in [0.25, 0.3) is 0 Å². The van der Waals surface area contributed by atoms with E-state index in [4.69, 9.17) is 16.3 Å². The summed E-state index contributed by atoms with van der Waals surface area (Å²) in [7, 11) is 0. The van der Waals surface area contributed by atoms with E-state index in [1.165, 1.54) is 6.07 Å². The first-order chi connectivity index (χ1) is 8.47. The lowest BCUT2D eigenvalue weighted by molar-refractivity contribution is -0.137. The molecule has 0 spiro atoms. The molecule has 0 saturated carbocycles. The summed E-state index contributed by atoms with van der Waals surface area (Å²) in [5.41, 5.74) is -0.361. The van der Waals surface area contributed by atoms with Crippen molar-refractivity contribution < 1.29 is 17.9 Å². The molecule has 2 rings (SSSR count). The van der Waals surface area contributed by atoms with Gasteiger partial charge in [0.2, 0.25) is 0 Å². The molecule has 100 valence electrons. The topological polar surface area (TPSA) is 21.3 Å². The molecule has 0 bridgehead atoms. The summed E-state index contributed by atoms with van der Waals surface area (Å²) in [6, 6.07) is 3.42. The third kappa shape index (κ3) is 3.29. The first-order valence-electron chi connectivity index (χ1n) is 5.68. The van der Waals surface area contributed by atoms with Crippen molar-refractivity contribution in [2.75, 3.05) is 18.5 Å². The number of halogens is 4. The fraction of sp³-hybridized carbons (Fsp3) is 0.500. The van der Waals surface area contributed by atoms with Crippen LogP contribution >= 0.6 is 11.6 Å². The van der Waals surface area contributed by atoms with Crippen LogP contribution in [0.3, 0.4) is 0 Å². The Kier molecular flexibility index (Phi) is 4.02. The van der Waals surface area contributed by atoms with Crippen LogP contribution in [0.5, 0.6) is 0 Å². The molecule has 0 unspecified atom stereocenters. The number of alkyl halides is 3. The zero-order valence-electron chi connectivity index (χ0n) is 9.56. The molecule has 1 heterocycles. The highest BCUT2D eigenvalue weighted by molar-refractivity contribution is 6.33. The van der Waals surface area contributed by atoms with Crippen LogP contribution in [0.4, 0.5) is 18.9 Å². The van der Waals surface area contributed by atoms with Gasteiger partial charge < -0.3 is 10.1 Å². The van der Waals surface area contributed by atoms with Crippen molar-refractivity contribution in [1.82, 2.24) is 0 Å². The fourth-order valence-corrected chi connectivity index (χ4v) is 2.05. The van der Waals surface area contributed by atoms with Crippen LogP contribution in [0.1, 0.15) is 18.4 Å². The molecule has 0 amide bonds. The van der Waals surface area contributed by atoms with Gasteiger partial charge in [0, 0.05) is 19.3 Å². The normalized spacial score (nSPS) is 17.8. The Bertz CT molecular complexity index is 416. The molecule has 0 aromatic heterocycles. The summed E-state index contributed by atoms with van der Waals surface area (Å²) < 4.78 is 43.0. The number of benzene rings is 1. The zero-order chi connectivity index (χ0) is 13.2. The van der Waals surface area contributed by atoms with Crippen LogP contribution < -0.4 is 5.32 Å². The second kappa shape index (κ2) is 5.36. The van der Waals surface area contributed by atoms with Gasteiger partial charge >= 0.3 is 6.18 Å². The monoisotopic (exact) mass is 279 g/mol. The Balaban J connectivity index is 2.15. The predicted octanol–water partition coefficient (Wildman–Crippen LogP) is 3.95. The maximum atomic E-state index is 12.6. The molecule has 1 aliphatic heterocycles.